The summed E-state index contributed by atoms with van der Waals surface area (Å²) in [5.41, 5.74) is 1.89. The lowest BCUT2D eigenvalue weighted by atomic mass is 10.2. The second-order valence-corrected chi connectivity index (χ2v) is 5.14. The van der Waals surface area contributed by atoms with Crippen LogP contribution in [0.1, 0.15) is 32.1 Å². The van der Waals surface area contributed by atoms with Gasteiger partial charge in [-0.2, -0.15) is 0 Å². The van der Waals surface area contributed by atoms with Gasteiger partial charge in [0.2, 0.25) is 0 Å². The molecule has 1 heteroatoms. The van der Waals surface area contributed by atoms with Gasteiger partial charge >= 0.3 is 0 Å². The predicted octanol–water partition coefficient (Wildman–Crippen LogP) is 2.96. The maximum atomic E-state index is 3.55. The monoisotopic (exact) mass is 200 g/mol. The molecule has 0 aliphatic heterocycles. The molecule has 0 heterocycles. The highest BCUT2D eigenvalue weighted by Gasteiger charge is 2.85. The number of hydrogen-bond acceptors (Lipinski definition) is 0. The molecule has 0 saturated heterocycles. The normalized spacial score (nSPS) is 42.3. The van der Waals surface area contributed by atoms with Gasteiger partial charge in [0.15, 0.2) is 0 Å². The molecule has 2 spiro atoms. The van der Waals surface area contributed by atoms with E-state index in [0.717, 1.165) is 16.7 Å². The van der Waals surface area contributed by atoms with Crippen LogP contribution in [-0.4, -0.2) is 5.33 Å². The second-order valence-electron chi connectivity index (χ2n) is 4.34. The van der Waals surface area contributed by atoms with Crippen molar-refractivity contribution in [3.63, 3.8) is 0 Å². The summed E-state index contributed by atoms with van der Waals surface area (Å²) < 4.78 is 0. The fraction of sp³-hybridized carbons (Fsp3) is 1.00. The van der Waals surface area contributed by atoms with Crippen LogP contribution < -0.4 is 0 Å². The molecule has 0 aromatic heterocycles. The number of halogens is 1. The molecule has 3 aliphatic rings. The van der Waals surface area contributed by atoms with Gasteiger partial charge in [0.1, 0.15) is 0 Å². The fourth-order valence-electron chi connectivity index (χ4n) is 3.46. The molecular formula is C9H13Br. The van der Waals surface area contributed by atoms with E-state index >= 15 is 0 Å². The van der Waals surface area contributed by atoms with Crippen molar-refractivity contribution in [1.29, 1.82) is 0 Å². The molecule has 0 unspecified atom stereocenters. The van der Waals surface area contributed by atoms with Crippen molar-refractivity contribution in [2.24, 2.45) is 16.7 Å². The second kappa shape index (κ2) is 1.48. The molecular weight excluding hydrogens is 188 g/mol. The van der Waals surface area contributed by atoms with Gasteiger partial charge < -0.3 is 0 Å². The first-order chi connectivity index (χ1) is 4.86. The van der Waals surface area contributed by atoms with Crippen molar-refractivity contribution in [3.8, 4) is 0 Å². The molecule has 3 aliphatic carbocycles. The van der Waals surface area contributed by atoms with Crippen LogP contribution in [0.3, 0.4) is 0 Å². The Kier molecular flexibility index (Phi) is 0.893. The fourth-order valence-corrected chi connectivity index (χ4v) is 3.92. The van der Waals surface area contributed by atoms with Gasteiger partial charge in [-0.1, -0.05) is 15.9 Å². The molecule has 0 nitrogen and oxygen atoms in total. The van der Waals surface area contributed by atoms with Crippen molar-refractivity contribution >= 4 is 15.9 Å². The quantitative estimate of drug-likeness (QED) is 0.602. The first kappa shape index (κ1) is 6.05. The Morgan fingerprint density at radius 1 is 1.10 bits per heavy atom. The van der Waals surface area contributed by atoms with Crippen molar-refractivity contribution in [2.45, 2.75) is 32.1 Å². The Balaban J connectivity index is 1.78. The summed E-state index contributed by atoms with van der Waals surface area (Å²) in [5, 5.41) is 1.24. The van der Waals surface area contributed by atoms with E-state index in [2.05, 4.69) is 15.9 Å². The van der Waals surface area contributed by atoms with Crippen LogP contribution in [-0.2, 0) is 0 Å². The zero-order valence-electron chi connectivity index (χ0n) is 6.20. The van der Waals surface area contributed by atoms with Crippen LogP contribution in [0.2, 0.25) is 0 Å². The summed E-state index contributed by atoms with van der Waals surface area (Å²) in [6, 6.07) is 0. The molecule has 0 N–H and O–H groups in total. The third-order valence-corrected chi connectivity index (χ3v) is 4.68. The molecule has 10 heavy (non-hydrogen) atoms. The zero-order valence-corrected chi connectivity index (χ0v) is 7.78. The van der Waals surface area contributed by atoms with E-state index in [1.807, 2.05) is 0 Å². The van der Waals surface area contributed by atoms with Crippen LogP contribution in [0.25, 0.3) is 0 Å². The van der Waals surface area contributed by atoms with E-state index in [1.54, 1.807) is 25.7 Å². The minimum atomic E-state index is 0.945. The van der Waals surface area contributed by atoms with Gasteiger partial charge in [0.25, 0.3) is 0 Å². The average Bonchev–Trinajstić information content (AvgIpc) is 2.78. The van der Waals surface area contributed by atoms with Crippen LogP contribution in [0, 0.1) is 16.7 Å². The zero-order chi connectivity index (χ0) is 6.82. The van der Waals surface area contributed by atoms with Gasteiger partial charge in [0, 0.05) is 5.33 Å². The van der Waals surface area contributed by atoms with Crippen molar-refractivity contribution < 1.29 is 0 Å². The maximum absolute atomic E-state index is 3.55. The summed E-state index contributed by atoms with van der Waals surface area (Å²) in [6.45, 7) is 0. The maximum Gasteiger partial charge on any atom is 0.00343 e. The van der Waals surface area contributed by atoms with Crippen molar-refractivity contribution in [1.82, 2.24) is 0 Å². The lowest BCUT2D eigenvalue weighted by Crippen LogP contribution is -1.81. The Morgan fingerprint density at radius 3 is 1.90 bits per heavy atom. The summed E-state index contributed by atoms with van der Waals surface area (Å²) >= 11 is 3.55. The molecule has 0 aromatic carbocycles. The molecule has 3 fully saturated rings. The van der Waals surface area contributed by atoms with Crippen LogP contribution in [0.4, 0.5) is 0 Å². The minimum absolute atomic E-state index is 0.945. The van der Waals surface area contributed by atoms with E-state index in [1.165, 1.54) is 11.8 Å². The van der Waals surface area contributed by atoms with E-state index in [4.69, 9.17) is 0 Å². The highest BCUT2D eigenvalue weighted by atomic mass is 79.9. The van der Waals surface area contributed by atoms with Crippen LogP contribution in [0.15, 0.2) is 0 Å². The number of rotatable bonds is 2. The highest BCUT2D eigenvalue weighted by molar-refractivity contribution is 9.09. The molecule has 0 atom stereocenters. The van der Waals surface area contributed by atoms with Gasteiger partial charge in [-0.3, -0.25) is 0 Å². The summed E-state index contributed by atoms with van der Waals surface area (Å²) in [5.74, 6) is 1.15. The molecule has 56 valence electrons. The molecule has 3 rings (SSSR count). The average molecular weight is 201 g/mol. The number of fused-ring (bicyclic) bond motifs is 1. The lowest BCUT2D eigenvalue weighted by Gasteiger charge is -1.88. The number of hydrogen-bond donors (Lipinski definition) is 0. The van der Waals surface area contributed by atoms with E-state index < -0.39 is 0 Å². The predicted molar refractivity (Wildman–Crippen MR) is 45.2 cm³/mol. The molecule has 0 amide bonds. The van der Waals surface area contributed by atoms with E-state index in [9.17, 15) is 0 Å². The Bertz CT molecular complexity index is 159. The SMILES string of the molecule is BrCCC1C2(CC2)C12CC2. The van der Waals surface area contributed by atoms with Gasteiger partial charge in [-0.15, -0.1) is 0 Å². The first-order valence-electron chi connectivity index (χ1n) is 4.42. The van der Waals surface area contributed by atoms with Crippen LogP contribution >= 0.6 is 15.9 Å². The molecule has 0 bridgehead atoms. The number of alkyl halides is 1. The Morgan fingerprint density at radius 2 is 1.60 bits per heavy atom. The smallest absolute Gasteiger partial charge is 0.00343 e. The first-order valence-corrected chi connectivity index (χ1v) is 5.54. The van der Waals surface area contributed by atoms with E-state index in [0.29, 0.717) is 0 Å². The van der Waals surface area contributed by atoms with Gasteiger partial charge in [0.05, 0.1) is 0 Å². The summed E-state index contributed by atoms with van der Waals surface area (Å²) in [6.07, 6.45) is 7.75. The van der Waals surface area contributed by atoms with Gasteiger partial charge in [-0.05, 0) is 48.9 Å². The molecule has 0 aromatic rings. The molecule has 0 radical (unpaired) electrons. The highest BCUT2D eigenvalue weighted by Crippen LogP contribution is 2.93. The standard InChI is InChI=1S/C9H13Br/c10-6-1-7-8(2-3-8)9(7)4-5-9/h7H,1-6H2. The Labute approximate surface area is 70.5 Å². The Hall–Kier alpha value is 0.480. The van der Waals surface area contributed by atoms with Crippen molar-refractivity contribution in [2.75, 3.05) is 5.33 Å². The third kappa shape index (κ3) is 0.450. The third-order valence-electron chi connectivity index (χ3n) is 4.22. The topological polar surface area (TPSA) is 0 Å². The summed E-state index contributed by atoms with van der Waals surface area (Å²) in [7, 11) is 0. The lowest BCUT2D eigenvalue weighted by molar-refractivity contribution is 0.686. The summed E-state index contributed by atoms with van der Waals surface area (Å²) in [4.78, 5) is 0. The largest absolute Gasteiger partial charge is 0.0928 e. The van der Waals surface area contributed by atoms with Crippen LogP contribution in [0.5, 0.6) is 0 Å². The van der Waals surface area contributed by atoms with Crippen molar-refractivity contribution in [3.05, 3.63) is 0 Å². The van der Waals surface area contributed by atoms with Gasteiger partial charge in [-0.25, -0.2) is 0 Å². The minimum Gasteiger partial charge on any atom is -0.0928 e. The van der Waals surface area contributed by atoms with E-state index in [-0.39, 0.29) is 0 Å². The molecule has 3 saturated carbocycles.